The van der Waals surface area contributed by atoms with E-state index in [4.69, 9.17) is 4.74 Å². The summed E-state index contributed by atoms with van der Waals surface area (Å²) in [6.07, 6.45) is -0.427. The molecule has 1 aromatic rings. The lowest BCUT2D eigenvalue weighted by atomic mass is 9.97. The van der Waals surface area contributed by atoms with Crippen molar-refractivity contribution in [2.45, 2.75) is 85.5 Å². The molecule has 0 heterocycles. The number of amides is 3. The molecule has 0 spiro atoms. The molecular weight excluding hydrogens is 466 g/mol. The van der Waals surface area contributed by atoms with E-state index in [0.717, 1.165) is 0 Å². The number of hydrogen-bond donors (Lipinski definition) is 3. The van der Waals surface area contributed by atoms with Gasteiger partial charge in [-0.15, -0.1) is 0 Å². The molecule has 2 atom stereocenters. The van der Waals surface area contributed by atoms with E-state index < -0.39 is 47.6 Å². The smallest absolute Gasteiger partial charge is 0.408 e. The maximum Gasteiger partial charge on any atom is 0.408 e. The van der Waals surface area contributed by atoms with Gasteiger partial charge in [0.05, 0.1) is 7.11 Å². The Kier molecular flexibility index (Phi) is 11.2. The van der Waals surface area contributed by atoms with Crippen LogP contribution in [0.3, 0.4) is 0 Å². The molecule has 0 aromatic heterocycles. The van der Waals surface area contributed by atoms with E-state index in [-0.39, 0.29) is 18.2 Å². The van der Waals surface area contributed by atoms with E-state index in [0.29, 0.717) is 17.5 Å². The topological polar surface area (TPSA) is 134 Å². The molecule has 0 fully saturated rings. The maximum absolute atomic E-state index is 13.9. The summed E-state index contributed by atoms with van der Waals surface area (Å²) in [7, 11) is 1.21. The number of nitrogens with zero attached hydrogens (tertiary/aromatic N) is 1. The van der Waals surface area contributed by atoms with Crippen molar-refractivity contribution in [2.24, 2.45) is 5.92 Å². The molecule has 1 rings (SSSR count). The van der Waals surface area contributed by atoms with Crippen molar-refractivity contribution in [1.82, 2.24) is 15.5 Å². The minimum absolute atomic E-state index is 0.0409. The van der Waals surface area contributed by atoms with E-state index in [1.54, 1.807) is 53.7 Å². The number of benzene rings is 1. The zero-order valence-corrected chi connectivity index (χ0v) is 22.8. The van der Waals surface area contributed by atoms with Crippen molar-refractivity contribution >= 4 is 23.9 Å². The van der Waals surface area contributed by atoms with Crippen LogP contribution in [0.15, 0.2) is 18.2 Å². The monoisotopic (exact) mass is 507 g/mol. The van der Waals surface area contributed by atoms with Gasteiger partial charge in [0.1, 0.15) is 30.0 Å². The molecule has 10 heteroatoms. The Balaban J connectivity index is 3.49. The third kappa shape index (κ3) is 9.39. The number of aryl methyl sites for hydroxylation is 1. The zero-order valence-electron chi connectivity index (χ0n) is 22.8. The first-order chi connectivity index (χ1) is 16.6. The maximum atomic E-state index is 13.9. The highest BCUT2D eigenvalue weighted by molar-refractivity contribution is 5.93. The number of ether oxygens (including phenoxy) is 2. The largest absolute Gasteiger partial charge is 0.508 e. The molecule has 0 bridgehead atoms. The number of methoxy groups -OCH3 is 1. The Bertz CT molecular complexity index is 938. The number of esters is 1. The van der Waals surface area contributed by atoms with Crippen LogP contribution in [0.5, 0.6) is 5.75 Å². The molecule has 0 saturated carbocycles. The number of rotatable bonds is 10. The number of carbonyl (C=O) groups is 4. The van der Waals surface area contributed by atoms with Gasteiger partial charge in [0.2, 0.25) is 11.8 Å². The molecule has 36 heavy (non-hydrogen) atoms. The molecule has 0 radical (unpaired) electrons. The summed E-state index contributed by atoms with van der Waals surface area (Å²) in [6, 6.07) is 2.04. The fourth-order valence-corrected chi connectivity index (χ4v) is 3.62. The van der Waals surface area contributed by atoms with Crippen LogP contribution in [-0.4, -0.2) is 65.2 Å². The number of aromatic hydroxyl groups is 1. The van der Waals surface area contributed by atoms with Gasteiger partial charge in [0.15, 0.2) is 0 Å². The second-order valence-electron chi connectivity index (χ2n) is 10.4. The van der Waals surface area contributed by atoms with Crippen LogP contribution >= 0.6 is 0 Å². The third-order valence-corrected chi connectivity index (χ3v) is 5.20. The van der Waals surface area contributed by atoms with Crippen LogP contribution in [0.25, 0.3) is 0 Å². The van der Waals surface area contributed by atoms with Crippen molar-refractivity contribution < 1.29 is 33.8 Å². The van der Waals surface area contributed by atoms with Gasteiger partial charge in [0, 0.05) is 6.04 Å². The molecule has 3 N–H and O–H groups in total. The van der Waals surface area contributed by atoms with Gasteiger partial charge in [-0.1, -0.05) is 19.9 Å². The first-order valence-electron chi connectivity index (χ1n) is 12.0. The SMILES string of the molecule is COC(=O)CNC(=O)C(c1ccc(O)c(C)c1)N(C(=O)C(CC(C)C)NC(=O)OC(C)(C)C)C(C)C. The van der Waals surface area contributed by atoms with Crippen LogP contribution in [0.1, 0.15) is 72.1 Å². The second kappa shape index (κ2) is 13.1. The van der Waals surface area contributed by atoms with Gasteiger partial charge in [-0.05, 0) is 77.1 Å². The van der Waals surface area contributed by atoms with Crippen molar-refractivity contribution in [3.05, 3.63) is 29.3 Å². The van der Waals surface area contributed by atoms with Gasteiger partial charge in [-0.25, -0.2) is 4.79 Å². The number of nitrogens with one attached hydrogen (secondary N) is 2. The Hall–Kier alpha value is -3.30. The van der Waals surface area contributed by atoms with Crippen molar-refractivity contribution in [1.29, 1.82) is 0 Å². The van der Waals surface area contributed by atoms with Crippen LogP contribution in [-0.2, 0) is 23.9 Å². The Morgan fingerprint density at radius 3 is 2.17 bits per heavy atom. The number of carbonyl (C=O) groups excluding carboxylic acids is 4. The van der Waals surface area contributed by atoms with Crippen LogP contribution in [0.2, 0.25) is 0 Å². The molecule has 1 aromatic carbocycles. The van der Waals surface area contributed by atoms with Gasteiger partial charge in [0.25, 0.3) is 0 Å². The molecule has 202 valence electrons. The quantitative estimate of drug-likeness (QED) is 0.414. The van der Waals surface area contributed by atoms with Gasteiger partial charge in [-0.2, -0.15) is 0 Å². The summed E-state index contributed by atoms with van der Waals surface area (Å²) in [6.45, 7) is 13.8. The minimum Gasteiger partial charge on any atom is -0.508 e. The average molecular weight is 508 g/mol. The standard InChI is InChI=1S/C26H41N3O7/c1-15(2)12-19(28-25(34)36-26(6,7)8)24(33)29(16(3)4)22(23(32)27-14-21(31)35-9)18-10-11-20(30)17(5)13-18/h10-11,13,15-16,19,22,30H,12,14H2,1-9H3,(H,27,32)(H,28,34). The predicted molar refractivity (Wildman–Crippen MR) is 135 cm³/mol. The number of alkyl carbamates (subject to hydrolysis) is 1. The Morgan fingerprint density at radius 2 is 1.69 bits per heavy atom. The molecular formula is C26H41N3O7. The summed E-state index contributed by atoms with van der Waals surface area (Å²) >= 11 is 0. The second-order valence-corrected chi connectivity index (χ2v) is 10.4. The molecule has 2 unspecified atom stereocenters. The first-order valence-corrected chi connectivity index (χ1v) is 12.0. The van der Waals surface area contributed by atoms with E-state index in [9.17, 15) is 24.3 Å². The van der Waals surface area contributed by atoms with Crippen LogP contribution in [0.4, 0.5) is 4.79 Å². The summed E-state index contributed by atoms with van der Waals surface area (Å²) in [5, 5.41) is 15.2. The lowest BCUT2D eigenvalue weighted by molar-refractivity contribution is -0.146. The lowest BCUT2D eigenvalue weighted by Crippen LogP contribution is -2.55. The predicted octanol–water partition coefficient (Wildman–Crippen LogP) is 3.21. The summed E-state index contributed by atoms with van der Waals surface area (Å²) < 4.78 is 9.97. The van der Waals surface area contributed by atoms with E-state index in [1.165, 1.54) is 18.1 Å². The summed E-state index contributed by atoms with van der Waals surface area (Å²) in [5.74, 6) is -1.64. The fourth-order valence-electron chi connectivity index (χ4n) is 3.62. The molecule has 0 aliphatic heterocycles. The van der Waals surface area contributed by atoms with Crippen molar-refractivity contribution in [3.63, 3.8) is 0 Å². The van der Waals surface area contributed by atoms with Gasteiger partial charge < -0.3 is 30.1 Å². The molecule has 0 saturated heterocycles. The highest BCUT2D eigenvalue weighted by Crippen LogP contribution is 2.29. The molecule has 0 aliphatic carbocycles. The number of phenols is 1. The average Bonchev–Trinajstić information content (AvgIpc) is 2.74. The Labute approximate surface area is 213 Å². The minimum atomic E-state index is -1.14. The molecule has 0 aliphatic rings. The fraction of sp³-hybridized carbons (Fsp3) is 0.615. The zero-order chi connectivity index (χ0) is 27.8. The van der Waals surface area contributed by atoms with Gasteiger partial charge >= 0.3 is 12.1 Å². The highest BCUT2D eigenvalue weighted by atomic mass is 16.6. The van der Waals surface area contributed by atoms with Crippen molar-refractivity contribution in [3.8, 4) is 5.75 Å². The summed E-state index contributed by atoms with van der Waals surface area (Å²) in [4.78, 5) is 52.9. The van der Waals surface area contributed by atoms with Crippen LogP contribution in [0, 0.1) is 12.8 Å². The Morgan fingerprint density at radius 1 is 1.08 bits per heavy atom. The summed E-state index contributed by atoms with van der Waals surface area (Å²) in [5.41, 5.74) is 0.197. The van der Waals surface area contributed by atoms with Crippen molar-refractivity contribution in [2.75, 3.05) is 13.7 Å². The van der Waals surface area contributed by atoms with E-state index in [1.807, 2.05) is 13.8 Å². The van der Waals surface area contributed by atoms with E-state index >= 15 is 0 Å². The molecule has 3 amide bonds. The molecule has 10 nitrogen and oxygen atoms in total. The van der Waals surface area contributed by atoms with Gasteiger partial charge in [-0.3, -0.25) is 14.4 Å². The normalized spacial score (nSPS) is 13.1. The first kappa shape index (κ1) is 30.7. The number of phenolic OH excluding ortho intramolecular Hbond substituents is 1. The number of hydrogen-bond acceptors (Lipinski definition) is 7. The van der Waals surface area contributed by atoms with E-state index in [2.05, 4.69) is 15.4 Å². The lowest BCUT2D eigenvalue weighted by Gasteiger charge is -2.37. The highest BCUT2D eigenvalue weighted by Gasteiger charge is 2.38. The third-order valence-electron chi connectivity index (χ3n) is 5.20. The van der Waals surface area contributed by atoms with Crippen LogP contribution < -0.4 is 10.6 Å².